The molecular weight excluding hydrogens is 229 g/mol. The highest BCUT2D eigenvalue weighted by atomic mass is 19.1. The van der Waals surface area contributed by atoms with E-state index in [0.29, 0.717) is 12.0 Å². The molecule has 1 aromatic rings. The zero-order chi connectivity index (χ0) is 13.8. The molecule has 0 aromatic heterocycles. The third-order valence-electron chi connectivity index (χ3n) is 3.73. The predicted octanol–water partition coefficient (Wildman–Crippen LogP) is 3.52. The molecule has 1 unspecified atom stereocenters. The van der Waals surface area contributed by atoms with Gasteiger partial charge in [-0.3, -0.25) is 9.69 Å². The molecule has 2 nitrogen and oxygen atoms in total. The van der Waals surface area contributed by atoms with Gasteiger partial charge in [-0.25, -0.2) is 4.39 Å². The molecule has 0 saturated heterocycles. The fourth-order valence-corrected chi connectivity index (χ4v) is 2.39. The quantitative estimate of drug-likeness (QED) is 0.721. The summed E-state index contributed by atoms with van der Waals surface area (Å²) in [6.45, 7) is 9.62. The first-order chi connectivity index (χ1) is 8.49. The van der Waals surface area contributed by atoms with E-state index in [1.165, 1.54) is 12.1 Å². The molecule has 0 radical (unpaired) electrons. The van der Waals surface area contributed by atoms with Crippen LogP contribution in [-0.2, 0) is 0 Å². The average Bonchev–Trinajstić information content (AvgIpc) is 2.38. The minimum Gasteiger partial charge on any atom is -0.292 e. The third-order valence-corrected chi connectivity index (χ3v) is 3.73. The number of nitrogens with zero attached hydrogens (tertiary/aromatic N) is 1. The van der Waals surface area contributed by atoms with E-state index in [0.717, 1.165) is 13.1 Å². The highest BCUT2D eigenvalue weighted by Gasteiger charge is 2.36. The van der Waals surface area contributed by atoms with E-state index < -0.39 is 5.54 Å². The monoisotopic (exact) mass is 251 g/mol. The zero-order valence-corrected chi connectivity index (χ0v) is 11.7. The molecule has 1 rings (SSSR count). The third kappa shape index (κ3) is 2.78. The fourth-order valence-electron chi connectivity index (χ4n) is 2.39. The second-order valence-corrected chi connectivity index (χ2v) is 4.64. The van der Waals surface area contributed by atoms with E-state index in [1.54, 1.807) is 12.1 Å². The van der Waals surface area contributed by atoms with Gasteiger partial charge in [0, 0.05) is 5.56 Å². The molecule has 100 valence electrons. The number of halogens is 1. The summed E-state index contributed by atoms with van der Waals surface area (Å²) in [5.41, 5.74) is -0.108. The van der Waals surface area contributed by atoms with Crippen molar-refractivity contribution in [1.29, 1.82) is 0 Å². The Labute approximate surface area is 109 Å². The number of likely N-dealkylation sites (N-methyl/N-ethyl adjacent to an activating group) is 1. The number of ketones is 1. The van der Waals surface area contributed by atoms with Crippen LogP contribution in [0.25, 0.3) is 0 Å². The minimum atomic E-state index is -0.558. The number of hydrogen-bond acceptors (Lipinski definition) is 2. The standard InChI is InChI=1S/C15H22FNO/c1-5-15(4,17(6-2)7-3)14(18)12-9-8-10-13(16)11-12/h8-11H,5-7H2,1-4H3. The Morgan fingerprint density at radius 1 is 1.28 bits per heavy atom. The summed E-state index contributed by atoms with van der Waals surface area (Å²) >= 11 is 0. The van der Waals surface area contributed by atoms with E-state index in [4.69, 9.17) is 0 Å². The molecule has 0 saturated carbocycles. The molecule has 0 amide bonds. The lowest BCUT2D eigenvalue weighted by Gasteiger charge is -2.38. The lowest BCUT2D eigenvalue weighted by Crippen LogP contribution is -2.51. The van der Waals surface area contributed by atoms with E-state index in [2.05, 4.69) is 4.90 Å². The SMILES string of the molecule is CCN(CC)C(C)(CC)C(=O)c1cccc(F)c1. The van der Waals surface area contributed by atoms with Gasteiger partial charge in [0.05, 0.1) is 5.54 Å². The lowest BCUT2D eigenvalue weighted by atomic mass is 9.86. The van der Waals surface area contributed by atoms with Gasteiger partial charge in [0.25, 0.3) is 0 Å². The molecule has 3 heteroatoms. The normalized spacial score (nSPS) is 14.6. The van der Waals surface area contributed by atoms with Gasteiger partial charge in [-0.1, -0.05) is 32.9 Å². The number of Topliss-reactive ketones (excluding diaryl/α,β-unsaturated/α-hetero) is 1. The van der Waals surface area contributed by atoms with Gasteiger partial charge in [-0.05, 0) is 38.6 Å². The van der Waals surface area contributed by atoms with Crippen molar-refractivity contribution < 1.29 is 9.18 Å². The maximum atomic E-state index is 13.2. The second-order valence-electron chi connectivity index (χ2n) is 4.64. The summed E-state index contributed by atoms with van der Waals surface area (Å²) in [4.78, 5) is 14.7. The van der Waals surface area contributed by atoms with Crippen LogP contribution in [0.3, 0.4) is 0 Å². The molecule has 0 heterocycles. The number of carbonyl (C=O) groups is 1. The van der Waals surface area contributed by atoms with Gasteiger partial charge < -0.3 is 0 Å². The first-order valence-electron chi connectivity index (χ1n) is 6.55. The van der Waals surface area contributed by atoms with E-state index in [1.807, 2.05) is 27.7 Å². The molecule has 0 N–H and O–H groups in total. The summed E-state index contributed by atoms with van der Waals surface area (Å²) in [7, 11) is 0. The Morgan fingerprint density at radius 2 is 1.89 bits per heavy atom. The Kier molecular flexibility index (Phi) is 5.03. The molecule has 0 bridgehead atoms. The Hall–Kier alpha value is -1.22. The molecule has 0 spiro atoms. The Morgan fingerprint density at radius 3 is 2.33 bits per heavy atom. The van der Waals surface area contributed by atoms with Gasteiger partial charge in [0.1, 0.15) is 5.82 Å². The molecule has 1 atom stereocenters. The summed E-state index contributed by atoms with van der Waals surface area (Å²) in [5, 5.41) is 0. The molecule has 1 aromatic carbocycles. The van der Waals surface area contributed by atoms with Crippen LogP contribution in [0.15, 0.2) is 24.3 Å². The second kappa shape index (κ2) is 6.10. The summed E-state index contributed by atoms with van der Waals surface area (Å²) in [6, 6.07) is 5.95. The largest absolute Gasteiger partial charge is 0.292 e. The smallest absolute Gasteiger partial charge is 0.182 e. The molecule has 0 aliphatic heterocycles. The maximum absolute atomic E-state index is 13.2. The number of carbonyl (C=O) groups excluding carboxylic acids is 1. The van der Waals surface area contributed by atoms with Crippen molar-refractivity contribution in [2.24, 2.45) is 0 Å². The van der Waals surface area contributed by atoms with E-state index in [9.17, 15) is 9.18 Å². The fraction of sp³-hybridized carbons (Fsp3) is 0.533. The van der Waals surface area contributed by atoms with Crippen LogP contribution in [0, 0.1) is 5.82 Å². The van der Waals surface area contributed by atoms with Crippen molar-refractivity contribution in [3.05, 3.63) is 35.6 Å². The van der Waals surface area contributed by atoms with Crippen molar-refractivity contribution in [3.8, 4) is 0 Å². The van der Waals surface area contributed by atoms with Gasteiger partial charge in [0.15, 0.2) is 5.78 Å². The van der Waals surface area contributed by atoms with Crippen LogP contribution < -0.4 is 0 Å². The van der Waals surface area contributed by atoms with Gasteiger partial charge >= 0.3 is 0 Å². The molecular formula is C15H22FNO. The number of hydrogen-bond donors (Lipinski definition) is 0. The van der Waals surface area contributed by atoms with Crippen LogP contribution >= 0.6 is 0 Å². The van der Waals surface area contributed by atoms with E-state index in [-0.39, 0.29) is 11.6 Å². The van der Waals surface area contributed by atoms with Crippen LogP contribution in [0.4, 0.5) is 4.39 Å². The zero-order valence-electron chi connectivity index (χ0n) is 11.7. The van der Waals surface area contributed by atoms with Gasteiger partial charge in [-0.15, -0.1) is 0 Å². The van der Waals surface area contributed by atoms with Gasteiger partial charge in [-0.2, -0.15) is 0 Å². The van der Waals surface area contributed by atoms with Gasteiger partial charge in [0.2, 0.25) is 0 Å². The predicted molar refractivity (Wildman–Crippen MR) is 72.3 cm³/mol. The average molecular weight is 251 g/mol. The number of rotatable bonds is 6. The summed E-state index contributed by atoms with van der Waals surface area (Å²) < 4.78 is 13.2. The Balaban J connectivity index is 3.12. The maximum Gasteiger partial charge on any atom is 0.182 e. The van der Waals surface area contributed by atoms with E-state index >= 15 is 0 Å². The Bertz CT molecular complexity index is 415. The summed E-state index contributed by atoms with van der Waals surface area (Å²) in [5.74, 6) is -0.368. The van der Waals surface area contributed by atoms with Crippen LogP contribution in [-0.4, -0.2) is 29.3 Å². The van der Waals surface area contributed by atoms with Crippen LogP contribution in [0.2, 0.25) is 0 Å². The van der Waals surface area contributed by atoms with Crippen molar-refractivity contribution in [2.75, 3.05) is 13.1 Å². The van der Waals surface area contributed by atoms with Crippen LogP contribution in [0.1, 0.15) is 44.5 Å². The molecule has 18 heavy (non-hydrogen) atoms. The van der Waals surface area contributed by atoms with Crippen LogP contribution in [0.5, 0.6) is 0 Å². The lowest BCUT2D eigenvalue weighted by molar-refractivity contribution is 0.0607. The number of benzene rings is 1. The first-order valence-corrected chi connectivity index (χ1v) is 6.55. The highest BCUT2D eigenvalue weighted by Crippen LogP contribution is 2.24. The van der Waals surface area contributed by atoms with Crippen molar-refractivity contribution in [1.82, 2.24) is 4.90 Å². The first kappa shape index (κ1) is 14.8. The van der Waals surface area contributed by atoms with Crippen molar-refractivity contribution >= 4 is 5.78 Å². The summed E-state index contributed by atoms with van der Waals surface area (Å²) in [6.07, 6.45) is 0.712. The highest BCUT2D eigenvalue weighted by molar-refractivity contribution is 6.02. The van der Waals surface area contributed by atoms with Crippen molar-refractivity contribution in [3.63, 3.8) is 0 Å². The van der Waals surface area contributed by atoms with Crippen molar-refractivity contribution in [2.45, 2.75) is 39.7 Å². The molecule has 0 aliphatic carbocycles. The minimum absolute atomic E-state index is 0.00630. The molecule has 0 fully saturated rings. The topological polar surface area (TPSA) is 20.3 Å². The molecule has 0 aliphatic rings.